The van der Waals surface area contributed by atoms with Crippen molar-refractivity contribution in [1.29, 1.82) is 0 Å². The Bertz CT molecular complexity index is 1000. The van der Waals surface area contributed by atoms with Crippen molar-refractivity contribution < 1.29 is 99.5 Å². The fourth-order valence-electron chi connectivity index (χ4n) is 4.18. The number of ether oxygens (including phenoxy) is 2. The average Bonchev–Trinajstić information content (AvgIpc) is 3.03. The number of aliphatic carboxylic acids is 6. The van der Waals surface area contributed by atoms with Gasteiger partial charge in [0.2, 0.25) is 0 Å². The lowest BCUT2D eigenvalue weighted by Crippen LogP contribution is -2.81. The van der Waals surface area contributed by atoms with Gasteiger partial charge < -0.3 is 70.8 Å². The number of carboxylic acid groups (broad SMARTS) is 6. The minimum absolute atomic E-state index is 0.406. The zero-order valence-corrected chi connectivity index (χ0v) is 29.4. The Morgan fingerprint density at radius 3 is 0.729 bits per heavy atom. The molecule has 0 aromatic rings. The third kappa shape index (κ3) is 9.89. The van der Waals surface area contributed by atoms with E-state index in [1.165, 1.54) is 0 Å². The number of hydrogen-bond donors (Lipinski definition) is 18. The maximum Gasteiger partial charge on any atom is 0.343 e. The predicted molar refractivity (Wildman–Crippen MR) is 177 cm³/mol. The van der Waals surface area contributed by atoms with E-state index in [9.17, 15) is 69.6 Å². The molecule has 48 heavy (non-hydrogen) atoms. The van der Waals surface area contributed by atoms with Crippen molar-refractivity contribution in [2.45, 2.75) is 43.1 Å². The van der Waals surface area contributed by atoms with Gasteiger partial charge in [0.05, 0.1) is 50.5 Å². The molecule has 0 spiro atoms. The van der Waals surface area contributed by atoms with Crippen molar-refractivity contribution in [3.8, 4) is 0 Å². The SMILES string of the molecule is O=C(O)C(S)OC(C(S)C(=O)O)(C(S)C(=O)O)C(CO)(CO)C(OC(S)C(=O)O)(C(S)C(=O)O)C(S)C(=O)O.OCC(CO)(CO)CO. The minimum Gasteiger partial charge on any atom is -0.480 e. The summed E-state index contributed by atoms with van der Waals surface area (Å²) in [7, 11) is 0. The number of aliphatic hydroxyl groups is 6. The van der Waals surface area contributed by atoms with Gasteiger partial charge in [-0.1, -0.05) is 0 Å². The van der Waals surface area contributed by atoms with E-state index >= 15 is 0 Å². The highest BCUT2D eigenvalue weighted by Gasteiger charge is 2.77. The van der Waals surface area contributed by atoms with Gasteiger partial charge in [-0.15, -0.1) is 25.3 Å². The largest absolute Gasteiger partial charge is 0.480 e. The lowest BCUT2D eigenvalue weighted by molar-refractivity contribution is -0.268. The molecule has 6 atom stereocenters. The van der Waals surface area contributed by atoms with Gasteiger partial charge in [0.1, 0.15) is 32.2 Å². The number of carboxylic acids is 6. The number of hydrogen-bond acceptors (Lipinski definition) is 20. The summed E-state index contributed by atoms with van der Waals surface area (Å²) < 4.78 is 10.4. The van der Waals surface area contributed by atoms with Crippen LogP contribution in [0.2, 0.25) is 0 Å². The van der Waals surface area contributed by atoms with Crippen LogP contribution in [-0.4, -0.2) is 180 Å². The Kier molecular flexibility index (Phi) is 20.8. The van der Waals surface area contributed by atoms with E-state index in [0.717, 1.165) is 0 Å². The van der Waals surface area contributed by atoms with Crippen molar-refractivity contribution in [3.63, 3.8) is 0 Å². The standard InChI is InChI=1S/C17H24O16S6.C5H12O4/c18-1-15(2-19,16(3(34)7(20)21,4(35)8(22)23)32-13(38)11(28)29)17(5(36)9(24)25,6(37)10(26)27)33-14(39)12(30)31;6-1-5(2-7,3-8)4-9/h3-6,13-14,18-19,34-39H,1-2H2,(H,20,21)(H,22,23)(H,24,25)(H,26,27)(H,28,29)(H,30,31);6-9H,1-4H2. The molecule has 0 rings (SSSR count). The van der Waals surface area contributed by atoms with E-state index in [4.69, 9.17) is 29.9 Å². The van der Waals surface area contributed by atoms with Gasteiger partial charge in [-0.2, -0.15) is 50.5 Å². The van der Waals surface area contributed by atoms with Crippen LogP contribution in [0.15, 0.2) is 0 Å². The molecule has 0 aliphatic carbocycles. The van der Waals surface area contributed by atoms with Gasteiger partial charge in [-0.25, -0.2) is 9.59 Å². The molecule has 0 amide bonds. The molecule has 0 saturated carbocycles. The Morgan fingerprint density at radius 1 is 0.417 bits per heavy atom. The summed E-state index contributed by atoms with van der Waals surface area (Å²) in [4.78, 5) is 72.2. The Labute approximate surface area is 303 Å². The highest BCUT2D eigenvalue weighted by atomic mass is 32.1. The smallest absolute Gasteiger partial charge is 0.343 e. The van der Waals surface area contributed by atoms with E-state index in [1.54, 1.807) is 0 Å². The van der Waals surface area contributed by atoms with Crippen molar-refractivity contribution in [1.82, 2.24) is 0 Å². The highest BCUT2D eigenvalue weighted by Crippen LogP contribution is 2.57. The van der Waals surface area contributed by atoms with E-state index < -0.39 is 129 Å². The molecule has 0 bridgehead atoms. The van der Waals surface area contributed by atoms with Crippen molar-refractivity contribution in [2.24, 2.45) is 10.8 Å². The first-order valence-electron chi connectivity index (χ1n) is 12.4. The van der Waals surface area contributed by atoms with Crippen LogP contribution in [0.4, 0.5) is 0 Å². The van der Waals surface area contributed by atoms with Gasteiger partial charge >= 0.3 is 35.8 Å². The van der Waals surface area contributed by atoms with Crippen LogP contribution in [0.25, 0.3) is 0 Å². The van der Waals surface area contributed by atoms with Gasteiger partial charge in [0, 0.05) is 0 Å². The lowest BCUT2D eigenvalue weighted by Gasteiger charge is -2.61. The average molecular weight is 813 g/mol. The summed E-state index contributed by atoms with van der Waals surface area (Å²) in [5.74, 6) is -12.7. The summed E-state index contributed by atoms with van der Waals surface area (Å²) in [5, 5.41) is 103. The first-order valence-corrected chi connectivity index (χ1v) is 15.5. The number of rotatable bonds is 22. The molecule has 26 heteroatoms. The van der Waals surface area contributed by atoms with Crippen molar-refractivity contribution >= 4 is 112 Å². The fraction of sp³-hybridized carbons (Fsp3) is 0.727. The van der Waals surface area contributed by atoms with Crippen LogP contribution in [0.3, 0.4) is 0 Å². The number of aliphatic hydroxyl groups excluding tert-OH is 6. The van der Waals surface area contributed by atoms with Crippen LogP contribution in [0, 0.1) is 10.8 Å². The zero-order chi connectivity index (χ0) is 38.6. The van der Waals surface area contributed by atoms with E-state index in [-0.39, 0.29) is 0 Å². The third-order valence-electron chi connectivity index (χ3n) is 6.97. The molecule has 0 aromatic heterocycles. The topological polar surface area (TPSA) is 364 Å². The molecular weight excluding hydrogens is 777 g/mol. The molecule has 0 aliphatic rings. The molecule has 0 aromatic carbocycles. The van der Waals surface area contributed by atoms with Crippen LogP contribution in [0.1, 0.15) is 0 Å². The molecule has 280 valence electrons. The van der Waals surface area contributed by atoms with Gasteiger partial charge in [-0.3, -0.25) is 19.2 Å². The van der Waals surface area contributed by atoms with E-state index in [0.29, 0.717) is 0 Å². The first-order chi connectivity index (χ1) is 21.9. The van der Waals surface area contributed by atoms with Crippen molar-refractivity contribution in [2.75, 3.05) is 39.6 Å². The molecule has 12 N–H and O–H groups in total. The summed E-state index contributed by atoms with van der Waals surface area (Å²) >= 11 is 22.2. The third-order valence-corrected chi connectivity index (χ3v) is 10.0. The maximum atomic E-state index is 12.2. The zero-order valence-electron chi connectivity index (χ0n) is 24.0. The second-order valence-electron chi connectivity index (χ2n) is 9.70. The van der Waals surface area contributed by atoms with Crippen LogP contribution in [0.5, 0.6) is 0 Å². The van der Waals surface area contributed by atoms with E-state index in [2.05, 4.69) is 75.8 Å². The summed E-state index contributed by atoms with van der Waals surface area (Å²) in [6.07, 6.45) is 0. The quantitative estimate of drug-likeness (QED) is 0.0363. The summed E-state index contributed by atoms with van der Waals surface area (Å²) in [6, 6.07) is 0. The Hall–Kier alpha value is -1.40. The van der Waals surface area contributed by atoms with Crippen LogP contribution < -0.4 is 0 Å². The molecule has 20 nitrogen and oxygen atoms in total. The molecular formula is C22H36O20S6. The second-order valence-corrected chi connectivity index (χ2v) is 12.7. The summed E-state index contributed by atoms with van der Waals surface area (Å²) in [6.45, 7) is -5.44. The van der Waals surface area contributed by atoms with Crippen LogP contribution >= 0.6 is 75.8 Å². The lowest BCUT2D eigenvalue weighted by atomic mass is 9.56. The molecule has 0 radical (unpaired) electrons. The van der Waals surface area contributed by atoms with Crippen molar-refractivity contribution in [3.05, 3.63) is 0 Å². The molecule has 0 saturated heterocycles. The van der Waals surface area contributed by atoms with E-state index in [1.807, 2.05) is 0 Å². The number of thiol groups is 6. The second kappa shape index (κ2) is 20.4. The molecule has 0 heterocycles. The predicted octanol–water partition coefficient (Wildman–Crippen LogP) is -4.38. The van der Waals surface area contributed by atoms with Gasteiger partial charge in [0.15, 0.2) is 10.9 Å². The molecule has 0 aliphatic heterocycles. The minimum atomic E-state index is -3.63. The normalized spacial score (nSPS) is 18.2. The Morgan fingerprint density at radius 2 is 0.625 bits per heavy atom. The van der Waals surface area contributed by atoms with Gasteiger partial charge in [-0.05, 0) is 0 Å². The molecule has 0 fully saturated rings. The Balaban J connectivity index is 0. The maximum absolute atomic E-state index is 12.2. The molecule has 6 unspecified atom stereocenters. The first kappa shape index (κ1) is 48.7. The highest BCUT2D eigenvalue weighted by molar-refractivity contribution is 7.83. The fourth-order valence-corrected chi connectivity index (χ4v) is 6.60. The summed E-state index contributed by atoms with van der Waals surface area (Å²) in [5.41, 5.74) is -17.0. The monoisotopic (exact) mass is 812 g/mol. The van der Waals surface area contributed by atoms with Crippen LogP contribution in [-0.2, 0) is 38.2 Å². The van der Waals surface area contributed by atoms with Gasteiger partial charge in [0.25, 0.3) is 0 Å². The number of carbonyl (C=O) groups is 6.